The van der Waals surface area contributed by atoms with Gasteiger partial charge in [-0.1, -0.05) is 66.7 Å². The summed E-state index contributed by atoms with van der Waals surface area (Å²) in [5.74, 6) is -1.05. The van der Waals surface area contributed by atoms with Crippen LogP contribution in [0, 0.1) is 13.8 Å². The molecule has 0 spiro atoms. The molecular weight excluding hydrogens is 412 g/mol. The molecule has 0 bridgehead atoms. The van der Waals surface area contributed by atoms with Crippen LogP contribution in [0.1, 0.15) is 28.5 Å². The van der Waals surface area contributed by atoms with Crippen LogP contribution in [-0.2, 0) is 14.3 Å². The number of hydrogen-bond acceptors (Lipinski definition) is 4. The van der Waals surface area contributed by atoms with E-state index in [1.165, 1.54) is 6.08 Å². The van der Waals surface area contributed by atoms with Crippen LogP contribution in [0.5, 0.6) is 0 Å². The number of carbonyl (C=O) groups excluding carboxylic acids is 2. The van der Waals surface area contributed by atoms with Crippen LogP contribution >= 0.6 is 0 Å². The van der Waals surface area contributed by atoms with Crippen LogP contribution in [-0.4, -0.2) is 16.9 Å². The van der Waals surface area contributed by atoms with E-state index in [0.717, 1.165) is 22.0 Å². The highest BCUT2D eigenvalue weighted by Gasteiger charge is 2.24. The van der Waals surface area contributed by atoms with Gasteiger partial charge in [-0.25, -0.2) is 9.78 Å². The normalized spacial score (nSPS) is 11.9. The van der Waals surface area contributed by atoms with Gasteiger partial charge in [-0.2, -0.15) is 0 Å². The lowest BCUT2D eigenvalue weighted by atomic mass is 10.1. The number of esters is 1. The summed E-state index contributed by atoms with van der Waals surface area (Å²) in [6.07, 6.45) is 1.78. The van der Waals surface area contributed by atoms with Crippen molar-refractivity contribution >= 4 is 34.5 Å². The zero-order valence-electron chi connectivity index (χ0n) is 18.5. The molecule has 4 aromatic rings. The van der Waals surface area contributed by atoms with Crippen molar-refractivity contribution in [3.63, 3.8) is 0 Å². The van der Waals surface area contributed by atoms with Gasteiger partial charge in [-0.3, -0.25) is 4.79 Å². The molecule has 1 N–H and O–H groups in total. The van der Waals surface area contributed by atoms with Gasteiger partial charge >= 0.3 is 5.97 Å². The summed E-state index contributed by atoms with van der Waals surface area (Å²) in [4.78, 5) is 30.3. The molecule has 0 radical (unpaired) electrons. The van der Waals surface area contributed by atoms with E-state index in [0.29, 0.717) is 16.9 Å². The van der Waals surface area contributed by atoms with Crippen molar-refractivity contribution in [2.45, 2.75) is 20.0 Å². The molecule has 5 nitrogen and oxygen atoms in total. The minimum absolute atomic E-state index is 0.416. The Bertz CT molecular complexity index is 1330. The molecule has 0 saturated heterocycles. The molecule has 1 atom stereocenters. The molecule has 0 fully saturated rings. The van der Waals surface area contributed by atoms with Crippen LogP contribution in [0.15, 0.2) is 91.0 Å². The van der Waals surface area contributed by atoms with Crippen LogP contribution in [0.3, 0.4) is 0 Å². The van der Waals surface area contributed by atoms with E-state index in [4.69, 9.17) is 4.74 Å². The summed E-state index contributed by atoms with van der Waals surface area (Å²) in [5.41, 5.74) is 4.69. The number of hydrogen-bond donors (Lipinski definition) is 1. The highest BCUT2D eigenvalue weighted by molar-refractivity contribution is 5.98. The summed E-state index contributed by atoms with van der Waals surface area (Å²) in [6.45, 7) is 3.87. The SMILES string of the molecule is Cc1ccc(C)c(NC(=O)C(OC(=O)/C=C/c2ccc3ccccc3n2)c2ccccc2)c1. The van der Waals surface area contributed by atoms with Crippen molar-refractivity contribution in [2.75, 3.05) is 5.32 Å². The molecule has 0 aliphatic heterocycles. The van der Waals surface area contributed by atoms with E-state index >= 15 is 0 Å². The van der Waals surface area contributed by atoms with E-state index in [9.17, 15) is 9.59 Å². The van der Waals surface area contributed by atoms with Gasteiger partial charge in [0.1, 0.15) is 0 Å². The molecular formula is C28H24N2O3. The van der Waals surface area contributed by atoms with Gasteiger partial charge in [0.15, 0.2) is 0 Å². The van der Waals surface area contributed by atoms with E-state index in [2.05, 4.69) is 10.3 Å². The van der Waals surface area contributed by atoms with Crippen LogP contribution < -0.4 is 5.32 Å². The maximum Gasteiger partial charge on any atom is 0.331 e. The summed E-state index contributed by atoms with van der Waals surface area (Å²) in [5, 5.41) is 3.91. The molecule has 1 amide bonds. The number of benzene rings is 3. The predicted molar refractivity (Wildman–Crippen MR) is 131 cm³/mol. The fourth-order valence-corrected chi connectivity index (χ4v) is 3.45. The third-order valence-corrected chi connectivity index (χ3v) is 5.24. The topological polar surface area (TPSA) is 68.3 Å². The average molecular weight is 437 g/mol. The maximum absolute atomic E-state index is 13.1. The molecule has 3 aromatic carbocycles. The number of nitrogens with zero attached hydrogens (tertiary/aromatic N) is 1. The summed E-state index contributed by atoms with van der Waals surface area (Å²) >= 11 is 0. The van der Waals surface area contributed by atoms with Crippen molar-refractivity contribution in [1.82, 2.24) is 4.98 Å². The second-order valence-electron chi connectivity index (χ2n) is 7.80. The Balaban J connectivity index is 1.53. The Hall–Kier alpha value is -4.25. The molecule has 4 rings (SSSR count). The summed E-state index contributed by atoms with van der Waals surface area (Å²) in [6, 6.07) is 26.3. The van der Waals surface area contributed by atoms with Crippen LogP contribution in [0.2, 0.25) is 0 Å². The van der Waals surface area contributed by atoms with Gasteiger partial charge in [-0.15, -0.1) is 0 Å². The van der Waals surface area contributed by atoms with Gasteiger partial charge in [0.05, 0.1) is 11.2 Å². The zero-order valence-corrected chi connectivity index (χ0v) is 18.5. The first-order chi connectivity index (χ1) is 16.0. The number of ether oxygens (including phenoxy) is 1. The largest absolute Gasteiger partial charge is 0.444 e. The molecule has 1 aromatic heterocycles. The molecule has 0 aliphatic rings. The number of fused-ring (bicyclic) bond motifs is 1. The summed E-state index contributed by atoms with van der Waals surface area (Å²) in [7, 11) is 0. The Labute approximate surface area is 192 Å². The number of rotatable bonds is 6. The second-order valence-corrected chi connectivity index (χ2v) is 7.80. The minimum atomic E-state index is -1.09. The van der Waals surface area contributed by atoms with Gasteiger partial charge < -0.3 is 10.1 Å². The van der Waals surface area contributed by atoms with E-state index in [-0.39, 0.29) is 0 Å². The van der Waals surface area contributed by atoms with Crippen molar-refractivity contribution < 1.29 is 14.3 Å². The van der Waals surface area contributed by atoms with Crippen molar-refractivity contribution in [2.24, 2.45) is 0 Å². The van der Waals surface area contributed by atoms with Crippen LogP contribution in [0.25, 0.3) is 17.0 Å². The minimum Gasteiger partial charge on any atom is -0.444 e. The first-order valence-corrected chi connectivity index (χ1v) is 10.7. The monoisotopic (exact) mass is 436 g/mol. The number of para-hydroxylation sites is 1. The lowest BCUT2D eigenvalue weighted by Crippen LogP contribution is -2.25. The number of carbonyl (C=O) groups is 2. The number of amides is 1. The molecule has 33 heavy (non-hydrogen) atoms. The second kappa shape index (κ2) is 9.92. The van der Waals surface area contributed by atoms with E-state index in [1.54, 1.807) is 30.3 Å². The standard InChI is InChI=1S/C28H24N2O3/c1-19-12-13-20(2)25(18-19)30-28(32)27(22-9-4-3-5-10-22)33-26(31)17-16-23-15-14-21-8-6-7-11-24(21)29-23/h3-18,27H,1-2H3,(H,30,32)/b17-16+. The lowest BCUT2D eigenvalue weighted by molar-refractivity contribution is -0.149. The Morgan fingerprint density at radius 3 is 2.48 bits per heavy atom. The number of aryl methyl sites for hydroxylation is 2. The molecule has 164 valence electrons. The number of anilines is 1. The molecule has 0 saturated carbocycles. The zero-order chi connectivity index (χ0) is 23.2. The highest BCUT2D eigenvalue weighted by atomic mass is 16.5. The molecule has 0 aliphatic carbocycles. The molecule has 5 heteroatoms. The first-order valence-electron chi connectivity index (χ1n) is 10.7. The van der Waals surface area contributed by atoms with Crippen molar-refractivity contribution in [3.8, 4) is 0 Å². The van der Waals surface area contributed by atoms with Gasteiger partial charge in [0.25, 0.3) is 5.91 Å². The molecule has 1 unspecified atom stereocenters. The maximum atomic E-state index is 13.1. The first kappa shape index (κ1) is 22.0. The quantitative estimate of drug-likeness (QED) is 0.307. The number of pyridine rings is 1. The lowest BCUT2D eigenvalue weighted by Gasteiger charge is -2.18. The third kappa shape index (κ3) is 5.52. The Kier molecular flexibility index (Phi) is 6.60. The summed E-state index contributed by atoms with van der Waals surface area (Å²) < 4.78 is 5.58. The highest BCUT2D eigenvalue weighted by Crippen LogP contribution is 2.23. The third-order valence-electron chi connectivity index (χ3n) is 5.24. The van der Waals surface area contributed by atoms with Gasteiger partial charge in [-0.05, 0) is 49.2 Å². The fraction of sp³-hybridized carbons (Fsp3) is 0.107. The van der Waals surface area contributed by atoms with E-state index in [1.807, 2.05) is 74.5 Å². The van der Waals surface area contributed by atoms with Crippen molar-refractivity contribution in [1.29, 1.82) is 0 Å². The predicted octanol–water partition coefficient (Wildman–Crippen LogP) is 5.79. The number of aromatic nitrogens is 1. The smallest absolute Gasteiger partial charge is 0.331 e. The van der Waals surface area contributed by atoms with Gasteiger partial charge in [0, 0.05) is 22.7 Å². The van der Waals surface area contributed by atoms with E-state index < -0.39 is 18.0 Å². The Morgan fingerprint density at radius 1 is 0.909 bits per heavy atom. The van der Waals surface area contributed by atoms with Crippen LogP contribution in [0.4, 0.5) is 5.69 Å². The fourth-order valence-electron chi connectivity index (χ4n) is 3.45. The van der Waals surface area contributed by atoms with Gasteiger partial charge in [0.2, 0.25) is 6.10 Å². The number of nitrogens with one attached hydrogen (secondary N) is 1. The average Bonchev–Trinajstić information content (AvgIpc) is 2.84. The Morgan fingerprint density at radius 2 is 1.67 bits per heavy atom. The molecule has 1 heterocycles. The van der Waals surface area contributed by atoms with Crippen molar-refractivity contribution in [3.05, 3.63) is 113 Å².